The van der Waals surface area contributed by atoms with Crippen molar-refractivity contribution in [1.29, 1.82) is 0 Å². The van der Waals surface area contributed by atoms with Gasteiger partial charge >= 0.3 is 0 Å². The van der Waals surface area contributed by atoms with Gasteiger partial charge in [-0.05, 0) is 115 Å². The molecular weight excluding hydrogens is 733 g/mol. The zero-order chi connectivity index (χ0) is 42.3. The minimum atomic E-state index is -1.16. The summed E-state index contributed by atoms with van der Waals surface area (Å²) in [4.78, 5) is 0. The van der Waals surface area contributed by atoms with Crippen LogP contribution >= 0.6 is 0 Å². The fourth-order valence-electron chi connectivity index (χ4n) is 7.48. The van der Waals surface area contributed by atoms with Crippen molar-refractivity contribution in [3.05, 3.63) is 42.0 Å². The zero-order valence-corrected chi connectivity index (χ0v) is 38.1. The summed E-state index contributed by atoms with van der Waals surface area (Å²) in [6.45, 7) is 17.8. The molecule has 0 spiro atoms. The van der Waals surface area contributed by atoms with Gasteiger partial charge in [-0.15, -0.1) is 0 Å². The fraction of sp³-hybridized carbons (Fsp3) is 0.623. The van der Waals surface area contributed by atoms with Gasteiger partial charge in [0, 0.05) is 0 Å². The van der Waals surface area contributed by atoms with Crippen molar-refractivity contribution >= 4 is 32.3 Å². The molecule has 0 aliphatic heterocycles. The molecule has 4 aromatic carbocycles. The molecule has 0 fully saturated rings. The molecule has 0 radical (unpaired) electrons. The summed E-state index contributed by atoms with van der Waals surface area (Å²) in [7, 11) is 0. The third-order valence-electron chi connectivity index (χ3n) is 10.9. The highest BCUT2D eigenvalue weighted by atomic mass is 16.5. The highest BCUT2D eigenvalue weighted by molar-refractivity contribution is 6.26. The molecule has 0 aliphatic rings. The van der Waals surface area contributed by atoms with E-state index in [0.717, 1.165) is 131 Å². The molecule has 0 bridgehead atoms. The first-order chi connectivity index (χ1) is 28.7. The summed E-state index contributed by atoms with van der Waals surface area (Å²) in [5.74, 6) is 10.2. The van der Waals surface area contributed by atoms with Gasteiger partial charge in [0.15, 0.2) is 23.0 Å². The van der Waals surface area contributed by atoms with E-state index >= 15 is 0 Å². The lowest BCUT2D eigenvalue weighted by Crippen LogP contribution is -2.14. The molecule has 0 aliphatic carbocycles. The van der Waals surface area contributed by atoms with Crippen LogP contribution in [0.3, 0.4) is 0 Å². The number of ether oxygens (including phenoxy) is 5. The Morgan fingerprint density at radius 2 is 0.627 bits per heavy atom. The maximum Gasteiger partial charge on any atom is 0.161 e. The first-order valence-electron chi connectivity index (χ1n) is 23.7. The Labute approximate surface area is 358 Å². The number of hydrogen-bond donors (Lipinski definition) is 1. The zero-order valence-electron chi connectivity index (χ0n) is 38.1. The number of benzene rings is 4. The molecule has 0 amide bonds. The molecule has 0 saturated heterocycles. The summed E-state index contributed by atoms with van der Waals surface area (Å²) in [6.07, 6.45) is 22.5. The number of fused-ring (bicyclic) bond motifs is 6. The maximum absolute atomic E-state index is 10.7. The van der Waals surface area contributed by atoms with Crippen molar-refractivity contribution in [2.45, 2.75) is 182 Å². The van der Waals surface area contributed by atoms with Crippen LogP contribution in [0.2, 0.25) is 0 Å². The molecule has 0 saturated carbocycles. The molecule has 326 valence electrons. The highest BCUT2D eigenvalue weighted by Gasteiger charge is 2.20. The predicted octanol–water partition coefficient (Wildman–Crippen LogP) is 15.1. The average Bonchev–Trinajstić information content (AvgIpc) is 3.22. The van der Waals surface area contributed by atoms with E-state index in [1.54, 1.807) is 13.8 Å². The molecule has 6 heteroatoms. The van der Waals surface area contributed by atoms with Crippen LogP contribution < -0.4 is 23.7 Å². The Morgan fingerprint density at radius 1 is 0.373 bits per heavy atom. The smallest absolute Gasteiger partial charge is 0.161 e. The lowest BCUT2D eigenvalue weighted by Gasteiger charge is -2.20. The molecule has 6 nitrogen and oxygen atoms in total. The second-order valence-electron chi connectivity index (χ2n) is 16.9. The monoisotopic (exact) mass is 811 g/mol. The Bertz CT molecular complexity index is 1840. The predicted molar refractivity (Wildman–Crippen MR) is 250 cm³/mol. The van der Waals surface area contributed by atoms with Gasteiger partial charge in [-0.2, -0.15) is 0 Å². The lowest BCUT2D eigenvalue weighted by atomic mass is 9.92. The normalized spacial score (nSPS) is 11.6. The van der Waals surface area contributed by atoms with Crippen LogP contribution in [-0.2, 0) is 0 Å². The molecule has 0 aromatic heterocycles. The minimum Gasteiger partial charge on any atom is -0.492 e. The molecule has 4 rings (SSSR count). The van der Waals surface area contributed by atoms with Crippen molar-refractivity contribution < 1.29 is 28.8 Å². The van der Waals surface area contributed by atoms with Crippen LogP contribution in [0.5, 0.6) is 28.7 Å². The summed E-state index contributed by atoms with van der Waals surface area (Å²) in [6, 6.07) is 13.1. The van der Waals surface area contributed by atoms with E-state index in [4.69, 9.17) is 23.7 Å². The van der Waals surface area contributed by atoms with E-state index in [1.807, 2.05) is 0 Å². The van der Waals surface area contributed by atoms with Crippen molar-refractivity contribution in [2.75, 3.05) is 33.0 Å². The summed E-state index contributed by atoms with van der Waals surface area (Å²) in [5.41, 5.74) is -0.398. The Morgan fingerprint density at radius 3 is 0.898 bits per heavy atom. The van der Waals surface area contributed by atoms with Crippen molar-refractivity contribution in [2.24, 2.45) is 0 Å². The summed E-state index contributed by atoms with van der Waals surface area (Å²) < 4.78 is 33.0. The molecule has 59 heavy (non-hydrogen) atoms. The van der Waals surface area contributed by atoms with Crippen LogP contribution in [0, 0.1) is 11.8 Å². The van der Waals surface area contributed by atoms with Gasteiger partial charge in [0.2, 0.25) is 0 Å². The van der Waals surface area contributed by atoms with Crippen LogP contribution in [0.25, 0.3) is 32.3 Å². The third kappa shape index (κ3) is 15.6. The molecule has 1 N–H and O–H groups in total. The minimum absolute atomic E-state index is 0.603. The Balaban J connectivity index is 2.01. The number of hydrogen-bond acceptors (Lipinski definition) is 6. The molecule has 0 atom stereocenters. The maximum atomic E-state index is 10.7. The Hall–Kier alpha value is -3.82. The van der Waals surface area contributed by atoms with Gasteiger partial charge in [-0.1, -0.05) is 143 Å². The van der Waals surface area contributed by atoms with Crippen molar-refractivity contribution in [3.8, 4) is 40.6 Å². The SMILES string of the molecule is CCCCCCOc1cc2c(cc1C#CC(C)(C)O)c1cc(OCCCCCC)c(OCCCCCC)cc1c1cc(OCCCCCC)c(OCCCCCC)cc21. The van der Waals surface area contributed by atoms with Gasteiger partial charge < -0.3 is 28.8 Å². The van der Waals surface area contributed by atoms with E-state index in [1.165, 1.54) is 64.2 Å². The first-order valence-corrected chi connectivity index (χ1v) is 23.7. The third-order valence-corrected chi connectivity index (χ3v) is 10.9. The topological polar surface area (TPSA) is 66.4 Å². The lowest BCUT2D eigenvalue weighted by molar-refractivity contribution is 0.143. The molecule has 0 unspecified atom stereocenters. The van der Waals surface area contributed by atoms with E-state index in [0.29, 0.717) is 33.0 Å². The van der Waals surface area contributed by atoms with Gasteiger partial charge in [-0.25, -0.2) is 0 Å². The van der Waals surface area contributed by atoms with Crippen molar-refractivity contribution in [3.63, 3.8) is 0 Å². The van der Waals surface area contributed by atoms with E-state index in [9.17, 15) is 5.11 Å². The van der Waals surface area contributed by atoms with Gasteiger partial charge in [0.25, 0.3) is 0 Å². The largest absolute Gasteiger partial charge is 0.492 e. The van der Waals surface area contributed by atoms with Crippen LogP contribution in [0.15, 0.2) is 36.4 Å². The number of aliphatic hydroxyl groups is 1. The molecule has 0 heterocycles. The average molecular weight is 811 g/mol. The van der Waals surface area contributed by atoms with Crippen LogP contribution in [-0.4, -0.2) is 43.7 Å². The van der Waals surface area contributed by atoms with Gasteiger partial charge in [0.05, 0.1) is 38.6 Å². The Kier molecular flexibility index (Phi) is 21.4. The second kappa shape index (κ2) is 26.4. The number of unbranched alkanes of at least 4 members (excludes halogenated alkanes) is 15. The second-order valence-corrected chi connectivity index (χ2v) is 16.9. The highest BCUT2D eigenvalue weighted by Crippen LogP contribution is 2.46. The fourth-order valence-corrected chi connectivity index (χ4v) is 7.48. The van der Waals surface area contributed by atoms with Crippen molar-refractivity contribution in [1.82, 2.24) is 0 Å². The quantitative estimate of drug-likeness (QED) is 0.0321. The van der Waals surface area contributed by atoms with Gasteiger partial charge in [0.1, 0.15) is 11.4 Å². The van der Waals surface area contributed by atoms with Crippen LogP contribution in [0.4, 0.5) is 0 Å². The summed E-state index contributed by atoms with van der Waals surface area (Å²) >= 11 is 0. The summed E-state index contributed by atoms with van der Waals surface area (Å²) in [5, 5.41) is 17.0. The molecular formula is C53H78O6. The molecule has 4 aromatic rings. The van der Waals surface area contributed by atoms with Gasteiger partial charge in [-0.3, -0.25) is 0 Å². The van der Waals surface area contributed by atoms with Crippen LogP contribution in [0.1, 0.15) is 182 Å². The van der Waals surface area contributed by atoms with E-state index in [2.05, 4.69) is 82.9 Å². The first kappa shape index (κ1) is 47.9. The number of rotatable bonds is 30. The van der Waals surface area contributed by atoms with E-state index < -0.39 is 5.60 Å². The van der Waals surface area contributed by atoms with E-state index in [-0.39, 0.29) is 0 Å². The standard InChI is InChI=1S/C53H78O6/c1-8-13-18-23-30-55-48-36-43-42(35-41(48)28-29-53(6,7)54)44-37-49(56-31-24-19-14-9-2)51(58-33-26-21-16-11-4)39-46(44)47-40-52(59-34-27-22-17-12-5)50(38-45(43)47)57-32-25-20-15-10-3/h35-40,54H,8-27,30-34H2,1-7H3.